The number of rotatable bonds is 6. The van der Waals surface area contributed by atoms with Gasteiger partial charge in [-0.25, -0.2) is 9.97 Å². The Hall–Kier alpha value is -2.83. The first-order valence-corrected chi connectivity index (χ1v) is 10.8. The molecule has 4 heterocycles. The van der Waals surface area contributed by atoms with Crippen molar-refractivity contribution in [1.29, 1.82) is 5.26 Å². The van der Waals surface area contributed by atoms with Crippen LogP contribution in [0.5, 0.6) is 0 Å². The van der Waals surface area contributed by atoms with Crippen molar-refractivity contribution in [2.45, 2.75) is 30.8 Å². The second kappa shape index (κ2) is 8.50. The number of hydrogen-bond donors (Lipinski definition) is 2. The van der Waals surface area contributed by atoms with E-state index in [4.69, 9.17) is 14.7 Å². The highest BCUT2D eigenvalue weighted by atomic mass is 32.1. The van der Waals surface area contributed by atoms with Crippen LogP contribution in [-0.4, -0.2) is 47.5 Å². The molecular formula is C22H21N5O2S. The molecule has 3 aromatic rings. The van der Waals surface area contributed by atoms with Gasteiger partial charge in [-0.3, -0.25) is 0 Å². The topological polar surface area (TPSA) is 92.1 Å². The Morgan fingerprint density at radius 1 is 1.10 bits per heavy atom. The standard InChI is InChI=1S/C22H21N5O2S/c23-10-14-3-1-4-15(9-14)11-25-17-12-28-21-18(13-29-20(17)21)27-22-24-7-6-16(26-22)19-5-2-8-30-19/h1-9,17-18,20-21,25H,11-13H2,(H,24,26,27)/t17-,18-,20+,21+/m0/s1. The van der Waals surface area contributed by atoms with E-state index in [0.717, 1.165) is 16.1 Å². The molecule has 8 heteroatoms. The molecule has 0 unspecified atom stereocenters. The lowest BCUT2D eigenvalue weighted by Gasteiger charge is -2.18. The number of thiophene rings is 1. The summed E-state index contributed by atoms with van der Waals surface area (Å²) in [6.45, 7) is 1.80. The van der Waals surface area contributed by atoms with E-state index >= 15 is 0 Å². The van der Waals surface area contributed by atoms with E-state index in [2.05, 4.69) is 26.7 Å². The molecule has 2 aliphatic heterocycles. The molecule has 0 radical (unpaired) electrons. The van der Waals surface area contributed by atoms with Gasteiger partial charge < -0.3 is 20.1 Å². The number of hydrogen-bond acceptors (Lipinski definition) is 8. The van der Waals surface area contributed by atoms with Gasteiger partial charge in [-0.2, -0.15) is 5.26 Å². The number of nitrogens with one attached hydrogen (secondary N) is 2. The van der Waals surface area contributed by atoms with Gasteiger partial charge in [0.1, 0.15) is 12.2 Å². The summed E-state index contributed by atoms with van der Waals surface area (Å²) in [4.78, 5) is 10.1. The maximum absolute atomic E-state index is 9.06. The van der Waals surface area contributed by atoms with Gasteiger partial charge in [-0.1, -0.05) is 18.2 Å². The zero-order valence-electron chi connectivity index (χ0n) is 16.2. The van der Waals surface area contributed by atoms with Gasteiger partial charge in [-0.15, -0.1) is 11.3 Å². The van der Waals surface area contributed by atoms with Crippen LogP contribution in [0.3, 0.4) is 0 Å². The van der Waals surface area contributed by atoms with Crippen LogP contribution in [0.4, 0.5) is 5.95 Å². The van der Waals surface area contributed by atoms with Crippen molar-refractivity contribution in [3.63, 3.8) is 0 Å². The molecule has 5 rings (SSSR count). The third-order valence-electron chi connectivity index (χ3n) is 5.42. The summed E-state index contributed by atoms with van der Waals surface area (Å²) in [6.07, 6.45) is 1.69. The van der Waals surface area contributed by atoms with E-state index in [0.29, 0.717) is 31.3 Å². The molecule has 0 spiro atoms. The van der Waals surface area contributed by atoms with Crippen molar-refractivity contribution < 1.29 is 9.47 Å². The van der Waals surface area contributed by atoms with Crippen LogP contribution in [0.1, 0.15) is 11.1 Å². The Kier molecular flexibility index (Phi) is 5.43. The van der Waals surface area contributed by atoms with E-state index in [9.17, 15) is 0 Å². The fourth-order valence-electron chi connectivity index (χ4n) is 3.95. The number of fused-ring (bicyclic) bond motifs is 1. The van der Waals surface area contributed by atoms with Gasteiger partial charge in [0.15, 0.2) is 0 Å². The van der Waals surface area contributed by atoms with Crippen molar-refractivity contribution in [1.82, 2.24) is 15.3 Å². The fraction of sp³-hybridized carbons (Fsp3) is 0.318. The molecule has 0 amide bonds. The van der Waals surface area contributed by atoms with Crippen molar-refractivity contribution >= 4 is 17.3 Å². The Morgan fingerprint density at radius 3 is 2.80 bits per heavy atom. The Labute approximate surface area is 178 Å². The molecule has 1 aromatic carbocycles. The van der Waals surface area contributed by atoms with Crippen molar-refractivity contribution in [3.05, 3.63) is 65.2 Å². The lowest BCUT2D eigenvalue weighted by Crippen LogP contribution is -2.41. The number of nitrogens with zero attached hydrogens (tertiary/aromatic N) is 3. The molecule has 0 bridgehead atoms. The van der Waals surface area contributed by atoms with Crippen molar-refractivity contribution in [2.24, 2.45) is 0 Å². The van der Waals surface area contributed by atoms with E-state index < -0.39 is 0 Å². The van der Waals surface area contributed by atoms with Gasteiger partial charge in [0.2, 0.25) is 5.95 Å². The van der Waals surface area contributed by atoms with Gasteiger partial charge in [0, 0.05) is 12.7 Å². The van der Waals surface area contributed by atoms with Crippen LogP contribution in [0.25, 0.3) is 10.6 Å². The average Bonchev–Trinajstić information content (AvgIpc) is 3.53. The van der Waals surface area contributed by atoms with Crippen LogP contribution in [0.15, 0.2) is 54.0 Å². The molecule has 7 nitrogen and oxygen atoms in total. The lowest BCUT2D eigenvalue weighted by molar-refractivity contribution is 0.0675. The van der Waals surface area contributed by atoms with Gasteiger partial charge in [0.25, 0.3) is 0 Å². The van der Waals surface area contributed by atoms with Crippen molar-refractivity contribution in [2.75, 3.05) is 18.5 Å². The first kappa shape index (κ1) is 19.2. The first-order chi connectivity index (χ1) is 14.8. The summed E-state index contributed by atoms with van der Waals surface area (Å²) >= 11 is 1.66. The minimum atomic E-state index is -0.0538. The number of ether oxygens (including phenoxy) is 2. The second-order valence-electron chi connectivity index (χ2n) is 7.39. The molecule has 30 heavy (non-hydrogen) atoms. The van der Waals surface area contributed by atoms with Crippen molar-refractivity contribution in [3.8, 4) is 16.6 Å². The largest absolute Gasteiger partial charge is 0.371 e. The van der Waals surface area contributed by atoms with E-state index in [-0.39, 0.29) is 24.3 Å². The average molecular weight is 420 g/mol. The number of nitriles is 1. The van der Waals surface area contributed by atoms with Crippen LogP contribution < -0.4 is 10.6 Å². The Bertz CT molecular complexity index is 1050. The highest BCUT2D eigenvalue weighted by Crippen LogP contribution is 2.29. The van der Waals surface area contributed by atoms with Crippen LogP contribution in [0.2, 0.25) is 0 Å². The minimum absolute atomic E-state index is 0.00213. The summed E-state index contributed by atoms with van der Waals surface area (Å²) < 4.78 is 12.1. The number of benzene rings is 1. The third-order valence-corrected chi connectivity index (χ3v) is 6.31. The lowest BCUT2D eigenvalue weighted by atomic mass is 10.1. The summed E-state index contributed by atoms with van der Waals surface area (Å²) in [5, 5.41) is 18.0. The highest BCUT2D eigenvalue weighted by molar-refractivity contribution is 7.13. The molecule has 152 valence electrons. The summed E-state index contributed by atoms with van der Waals surface area (Å²) in [6, 6.07) is 15.9. The summed E-state index contributed by atoms with van der Waals surface area (Å²) in [7, 11) is 0. The van der Waals surface area contributed by atoms with Gasteiger partial charge in [-0.05, 0) is 35.2 Å². The fourth-order valence-corrected chi connectivity index (χ4v) is 4.65. The summed E-state index contributed by atoms with van der Waals surface area (Å²) in [5.74, 6) is 0.587. The van der Waals surface area contributed by atoms with Gasteiger partial charge in [0.05, 0.1) is 47.5 Å². The third kappa shape index (κ3) is 3.93. The quantitative estimate of drug-likeness (QED) is 0.635. The molecular weight excluding hydrogens is 398 g/mol. The molecule has 0 aliphatic carbocycles. The van der Waals surface area contributed by atoms with Crippen LogP contribution in [-0.2, 0) is 16.0 Å². The Balaban J connectivity index is 1.21. The monoisotopic (exact) mass is 419 g/mol. The normalized spacial score (nSPS) is 25.0. The molecule has 2 aliphatic rings. The highest BCUT2D eigenvalue weighted by Gasteiger charge is 2.47. The maximum atomic E-state index is 9.06. The molecule has 4 atom stereocenters. The molecule has 2 N–H and O–H groups in total. The molecule has 2 fully saturated rings. The second-order valence-corrected chi connectivity index (χ2v) is 8.34. The SMILES string of the molecule is N#Cc1cccc(CN[C@H]2CO[C@H]3[C@@H]2OC[C@@H]3Nc2nccc(-c3cccs3)n2)c1. The number of anilines is 1. The van der Waals surface area contributed by atoms with E-state index in [1.54, 1.807) is 17.5 Å². The number of aromatic nitrogens is 2. The predicted octanol–water partition coefficient (Wildman–Crippen LogP) is 2.81. The first-order valence-electron chi connectivity index (χ1n) is 9.89. The smallest absolute Gasteiger partial charge is 0.223 e. The molecule has 2 saturated heterocycles. The molecule has 2 aromatic heterocycles. The summed E-state index contributed by atoms with van der Waals surface area (Å²) in [5.41, 5.74) is 2.65. The van der Waals surface area contributed by atoms with E-state index in [1.807, 2.05) is 47.8 Å². The minimum Gasteiger partial charge on any atom is -0.371 e. The Morgan fingerprint density at radius 2 is 1.97 bits per heavy atom. The maximum Gasteiger partial charge on any atom is 0.223 e. The zero-order valence-corrected chi connectivity index (χ0v) is 17.0. The zero-order chi connectivity index (χ0) is 20.3. The van der Waals surface area contributed by atoms with Crippen LogP contribution >= 0.6 is 11.3 Å². The van der Waals surface area contributed by atoms with Crippen LogP contribution in [0, 0.1) is 11.3 Å². The predicted molar refractivity (Wildman–Crippen MR) is 114 cm³/mol. The van der Waals surface area contributed by atoms with E-state index in [1.165, 1.54) is 0 Å². The van der Waals surface area contributed by atoms with Gasteiger partial charge >= 0.3 is 0 Å². The molecule has 0 saturated carbocycles.